The number of ether oxygens (including phenoxy) is 1. The number of aliphatic imine (C=N–C) groups is 1. The second kappa shape index (κ2) is 12.3. The van der Waals surface area contributed by atoms with E-state index in [0.29, 0.717) is 0 Å². The monoisotopic (exact) mass is 389 g/mol. The van der Waals surface area contributed by atoms with E-state index in [2.05, 4.69) is 21.9 Å². The molecule has 4 nitrogen and oxygen atoms in total. The summed E-state index contributed by atoms with van der Waals surface area (Å²) in [6, 6.07) is 0. The molecule has 18 heavy (non-hydrogen) atoms. The number of halogens is 1. The summed E-state index contributed by atoms with van der Waals surface area (Å²) in [6.07, 6.45) is 4.56. The van der Waals surface area contributed by atoms with Crippen LogP contribution in [0.5, 0.6) is 0 Å². The fourth-order valence-corrected chi connectivity index (χ4v) is 1.66. The molecule has 0 unspecified atom stereocenters. The number of guanidine groups is 1. The first-order valence-corrected chi connectivity index (χ1v) is 7.43. The third kappa shape index (κ3) is 11.4. The minimum absolute atomic E-state index is 0. The molecule has 0 aromatic carbocycles. The van der Waals surface area contributed by atoms with Crippen molar-refractivity contribution in [3.8, 4) is 0 Å². The summed E-state index contributed by atoms with van der Waals surface area (Å²) in [4.78, 5) is 4.18. The molecule has 0 saturated heterocycles. The molecular weight excluding hydrogens is 361 g/mol. The van der Waals surface area contributed by atoms with Crippen LogP contribution in [0, 0.1) is 0 Å². The van der Waals surface area contributed by atoms with E-state index >= 15 is 0 Å². The predicted octanol–water partition coefficient (Wildman–Crippen LogP) is 2.34. The van der Waals surface area contributed by atoms with Gasteiger partial charge in [-0.25, -0.2) is 0 Å². The number of thioether (sulfide) groups is 1. The SMILES string of the molecule is CN=C(NCCCCSC)NCC(C)(C)OC.I. The Bertz CT molecular complexity index is 225. The standard InChI is InChI=1S/C12H27N3OS.HI/c1-12(2,16-4)10-15-11(13-3)14-8-6-7-9-17-5;/h6-10H2,1-5H3,(H2,13,14,15);1H. The van der Waals surface area contributed by atoms with E-state index in [4.69, 9.17) is 4.74 Å². The van der Waals surface area contributed by atoms with Crippen molar-refractivity contribution >= 4 is 41.7 Å². The van der Waals surface area contributed by atoms with Crippen molar-refractivity contribution in [3.05, 3.63) is 0 Å². The molecule has 0 aliphatic carbocycles. The van der Waals surface area contributed by atoms with Gasteiger partial charge in [0, 0.05) is 27.2 Å². The number of hydrogen-bond donors (Lipinski definition) is 2. The van der Waals surface area contributed by atoms with E-state index in [9.17, 15) is 0 Å². The highest BCUT2D eigenvalue weighted by molar-refractivity contribution is 14.0. The van der Waals surface area contributed by atoms with Crippen molar-refractivity contribution in [2.45, 2.75) is 32.3 Å². The quantitative estimate of drug-likeness (QED) is 0.290. The van der Waals surface area contributed by atoms with Crippen molar-refractivity contribution in [2.75, 3.05) is 39.3 Å². The zero-order valence-electron chi connectivity index (χ0n) is 12.2. The fraction of sp³-hybridized carbons (Fsp3) is 0.917. The van der Waals surface area contributed by atoms with Gasteiger partial charge in [0.1, 0.15) is 0 Å². The topological polar surface area (TPSA) is 45.7 Å². The summed E-state index contributed by atoms with van der Waals surface area (Å²) < 4.78 is 5.34. The molecule has 0 heterocycles. The van der Waals surface area contributed by atoms with Gasteiger partial charge < -0.3 is 15.4 Å². The highest BCUT2D eigenvalue weighted by atomic mass is 127. The number of rotatable bonds is 8. The van der Waals surface area contributed by atoms with Gasteiger partial charge in [-0.1, -0.05) is 0 Å². The summed E-state index contributed by atoms with van der Waals surface area (Å²) in [5, 5.41) is 6.56. The molecule has 0 amide bonds. The van der Waals surface area contributed by atoms with Crippen LogP contribution in [0.4, 0.5) is 0 Å². The molecule has 2 N–H and O–H groups in total. The first-order chi connectivity index (χ1) is 8.05. The van der Waals surface area contributed by atoms with E-state index in [-0.39, 0.29) is 29.6 Å². The van der Waals surface area contributed by atoms with Crippen LogP contribution in [-0.2, 0) is 4.74 Å². The Hall–Kier alpha value is 0.310. The fourth-order valence-electron chi connectivity index (χ4n) is 1.17. The third-order valence-electron chi connectivity index (χ3n) is 2.53. The summed E-state index contributed by atoms with van der Waals surface area (Å²) >= 11 is 1.89. The lowest BCUT2D eigenvalue weighted by molar-refractivity contribution is 0.0268. The summed E-state index contributed by atoms with van der Waals surface area (Å²) in [7, 11) is 3.51. The van der Waals surface area contributed by atoms with E-state index in [1.165, 1.54) is 18.6 Å². The van der Waals surface area contributed by atoms with E-state index < -0.39 is 0 Å². The molecule has 0 aliphatic rings. The molecule has 0 saturated carbocycles. The molecule has 0 bridgehead atoms. The molecule has 0 fully saturated rings. The van der Waals surface area contributed by atoms with Crippen LogP contribution in [0.25, 0.3) is 0 Å². The van der Waals surface area contributed by atoms with Crippen LogP contribution >= 0.6 is 35.7 Å². The number of nitrogens with one attached hydrogen (secondary N) is 2. The highest BCUT2D eigenvalue weighted by Gasteiger charge is 2.16. The van der Waals surface area contributed by atoms with Crippen LogP contribution in [0.1, 0.15) is 26.7 Å². The summed E-state index contributed by atoms with van der Waals surface area (Å²) in [6.45, 7) is 5.80. The normalized spacial score (nSPS) is 11.9. The Morgan fingerprint density at radius 1 is 1.28 bits per heavy atom. The van der Waals surface area contributed by atoms with Gasteiger partial charge in [0.2, 0.25) is 0 Å². The summed E-state index contributed by atoms with van der Waals surface area (Å²) in [5.74, 6) is 2.07. The van der Waals surface area contributed by atoms with Crippen molar-refractivity contribution in [1.82, 2.24) is 10.6 Å². The second-order valence-electron chi connectivity index (χ2n) is 4.52. The molecule has 0 atom stereocenters. The van der Waals surface area contributed by atoms with Crippen LogP contribution in [-0.4, -0.2) is 50.8 Å². The van der Waals surface area contributed by atoms with Crippen LogP contribution in [0.3, 0.4) is 0 Å². The molecule has 110 valence electrons. The van der Waals surface area contributed by atoms with Crippen molar-refractivity contribution < 1.29 is 4.74 Å². The third-order valence-corrected chi connectivity index (χ3v) is 3.22. The summed E-state index contributed by atoms with van der Waals surface area (Å²) in [5.41, 5.74) is -0.170. The van der Waals surface area contributed by atoms with Gasteiger partial charge >= 0.3 is 0 Å². The van der Waals surface area contributed by atoms with Crippen molar-refractivity contribution in [2.24, 2.45) is 4.99 Å². The Morgan fingerprint density at radius 3 is 2.44 bits per heavy atom. The number of nitrogens with zero attached hydrogens (tertiary/aromatic N) is 1. The average molecular weight is 389 g/mol. The zero-order valence-corrected chi connectivity index (χ0v) is 15.4. The molecular formula is C12H28IN3OS. The maximum atomic E-state index is 5.34. The second-order valence-corrected chi connectivity index (χ2v) is 5.50. The molecule has 0 radical (unpaired) electrons. The van der Waals surface area contributed by atoms with Crippen molar-refractivity contribution in [3.63, 3.8) is 0 Å². The van der Waals surface area contributed by atoms with Gasteiger partial charge in [-0.15, -0.1) is 24.0 Å². The van der Waals surface area contributed by atoms with Gasteiger partial charge in [0.15, 0.2) is 5.96 Å². The maximum absolute atomic E-state index is 5.34. The lowest BCUT2D eigenvalue weighted by atomic mass is 10.1. The van der Waals surface area contributed by atoms with E-state index in [1.54, 1.807) is 14.2 Å². The zero-order chi connectivity index (χ0) is 13.1. The van der Waals surface area contributed by atoms with Gasteiger partial charge in [-0.3, -0.25) is 4.99 Å². The van der Waals surface area contributed by atoms with Gasteiger partial charge in [-0.05, 0) is 38.7 Å². The van der Waals surface area contributed by atoms with Gasteiger partial charge in [0.25, 0.3) is 0 Å². The van der Waals surface area contributed by atoms with Crippen LogP contribution in [0.15, 0.2) is 4.99 Å². The number of unbranched alkanes of at least 4 members (excludes halogenated alkanes) is 1. The molecule has 0 aromatic rings. The molecule has 0 rings (SSSR count). The van der Waals surface area contributed by atoms with E-state index in [0.717, 1.165) is 19.0 Å². The highest BCUT2D eigenvalue weighted by Crippen LogP contribution is 2.04. The lowest BCUT2D eigenvalue weighted by Crippen LogP contribution is -2.45. The Labute approximate surface area is 133 Å². The Balaban J connectivity index is 0. The smallest absolute Gasteiger partial charge is 0.191 e. The van der Waals surface area contributed by atoms with Crippen LogP contribution in [0.2, 0.25) is 0 Å². The van der Waals surface area contributed by atoms with Gasteiger partial charge in [-0.2, -0.15) is 11.8 Å². The first kappa shape index (κ1) is 20.6. The molecule has 0 spiro atoms. The number of hydrogen-bond acceptors (Lipinski definition) is 3. The van der Waals surface area contributed by atoms with Crippen molar-refractivity contribution in [1.29, 1.82) is 0 Å². The predicted molar refractivity (Wildman–Crippen MR) is 93.5 cm³/mol. The van der Waals surface area contributed by atoms with E-state index in [1.807, 2.05) is 25.6 Å². The molecule has 6 heteroatoms. The Kier molecular flexibility index (Phi) is 14.1. The Morgan fingerprint density at radius 2 is 1.94 bits per heavy atom. The maximum Gasteiger partial charge on any atom is 0.191 e. The molecule has 0 aliphatic heterocycles. The first-order valence-electron chi connectivity index (χ1n) is 6.04. The number of methoxy groups -OCH3 is 1. The average Bonchev–Trinajstić information content (AvgIpc) is 2.32. The largest absolute Gasteiger partial charge is 0.377 e. The minimum Gasteiger partial charge on any atom is -0.377 e. The lowest BCUT2D eigenvalue weighted by Gasteiger charge is -2.24. The van der Waals surface area contributed by atoms with Crippen LogP contribution < -0.4 is 10.6 Å². The molecule has 0 aromatic heterocycles. The van der Waals surface area contributed by atoms with Gasteiger partial charge in [0.05, 0.1) is 5.60 Å². The minimum atomic E-state index is -0.170.